The lowest BCUT2D eigenvalue weighted by atomic mass is 10.0. The van der Waals surface area contributed by atoms with E-state index >= 15 is 0 Å². The van der Waals surface area contributed by atoms with Crippen LogP contribution >= 0.6 is 0 Å². The quantitative estimate of drug-likeness (QED) is 0.598. The predicted molar refractivity (Wildman–Crippen MR) is 85.4 cm³/mol. The second-order valence-electron chi connectivity index (χ2n) is 5.23. The first-order chi connectivity index (χ1) is 10.8. The third-order valence-corrected chi connectivity index (χ3v) is 3.43. The van der Waals surface area contributed by atoms with E-state index in [0.717, 1.165) is 11.1 Å². The van der Waals surface area contributed by atoms with E-state index in [1.165, 1.54) is 0 Å². The number of aliphatic hydroxyl groups is 2. The zero-order chi connectivity index (χ0) is 15.6. The van der Waals surface area contributed by atoms with Gasteiger partial charge in [-0.15, -0.1) is 0 Å². The second kappa shape index (κ2) is 9.33. The third kappa shape index (κ3) is 5.24. The van der Waals surface area contributed by atoms with E-state index in [2.05, 4.69) is 0 Å². The van der Waals surface area contributed by atoms with E-state index in [0.29, 0.717) is 13.1 Å². The van der Waals surface area contributed by atoms with Gasteiger partial charge in [-0.1, -0.05) is 60.7 Å². The molecule has 118 valence electrons. The van der Waals surface area contributed by atoms with Gasteiger partial charge >= 0.3 is 0 Å². The number of hydrogen-bond acceptors (Lipinski definition) is 3. The van der Waals surface area contributed by atoms with Crippen LogP contribution in [0.5, 0.6) is 0 Å². The largest absolute Gasteiger partial charge is 0.391 e. The van der Waals surface area contributed by atoms with Gasteiger partial charge in [0.1, 0.15) is 18.8 Å². The van der Waals surface area contributed by atoms with Crippen molar-refractivity contribution >= 4 is 0 Å². The van der Waals surface area contributed by atoms with E-state index in [9.17, 15) is 5.11 Å². The van der Waals surface area contributed by atoms with Crippen LogP contribution in [0.15, 0.2) is 60.7 Å². The van der Waals surface area contributed by atoms with Gasteiger partial charge in [-0.05, 0) is 11.1 Å². The molecule has 4 nitrogen and oxygen atoms in total. The highest BCUT2D eigenvalue weighted by molar-refractivity contribution is 5.29. The Balaban J connectivity index is 2.00. The average molecular weight is 302 g/mol. The highest BCUT2D eigenvalue weighted by atomic mass is 16.5. The normalized spacial score (nSPS) is 12.5. The summed E-state index contributed by atoms with van der Waals surface area (Å²) >= 11 is 0. The molecule has 0 saturated heterocycles. The molecule has 0 spiro atoms. The molecule has 4 heteroatoms. The van der Waals surface area contributed by atoms with Crippen molar-refractivity contribution in [3.05, 3.63) is 71.8 Å². The predicted octanol–water partition coefficient (Wildman–Crippen LogP) is 0.709. The van der Waals surface area contributed by atoms with Crippen molar-refractivity contribution < 1.29 is 20.3 Å². The Labute approximate surface area is 131 Å². The van der Waals surface area contributed by atoms with Crippen LogP contribution in [-0.2, 0) is 4.74 Å². The van der Waals surface area contributed by atoms with Crippen LogP contribution in [0.4, 0.5) is 0 Å². The molecule has 0 radical (unpaired) electrons. The lowest BCUT2D eigenvalue weighted by Gasteiger charge is -2.20. The Hall–Kier alpha value is -1.72. The number of rotatable bonds is 9. The van der Waals surface area contributed by atoms with Gasteiger partial charge in [0.05, 0.1) is 19.8 Å². The molecular formula is C18H24NO3+. The molecule has 2 rings (SSSR count). The van der Waals surface area contributed by atoms with Crippen molar-refractivity contribution in [3.63, 3.8) is 0 Å². The molecule has 0 aromatic heterocycles. The number of hydrogen-bond donors (Lipinski definition) is 3. The Kier molecular flexibility index (Phi) is 7.06. The molecule has 0 aliphatic heterocycles. The summed E-state index contributed by atoms with van der Waals surface area (Å²) in [5.41, 5.74) is 2.14. The molecular weight excluding hydrogens is 278 g/mol. The SMILES string of the molecule is OCC[NH2+]C[C@@H](O)COC(c1ccccc1)c1ccccc1. The van der Waals surface area contributed by atoms with Crippen LogP contribution in [0.3, 0.4) is 0 Å². The van der Waals surface area contributed by atoms with Crippen molar-refractivity contribution in [1.29, 1.82) is 0 Å². The highest BCUT2D eigenvalue weighted by Crippen LogP contribution is 2.25. The minimum atomic E-state index is -0.554. The smallest absolute Gasteiger partial charge is 0.126 e. The Morgan fingerprint density at radius 1 is 0.909 bits per heavy atom. The zero-order valence-electron chi connectivity index (χ0n) is 12.6. The lowest BCUT2D eigenvalue weighted by Crippen LogP contribution is -2.87. The first-order valence-corrected chi connectivity index (χ1v) is 7.63. The molecule has 0 bridgehead atoms. The van der Waals surface area contributed by atoms with Gasteiger partial charge in [0.15, 0.2) is 0 Å². The molecule has 0 aliphatic carbocycles. The minimum absolute atomic E-state index is 0.115. The highest BCUT2D eigenvalue weighted by Gasteiger charge is 2.16. The number of nitrogens with two attached hydrogens (primary N) is 1. The summed E-state index contributed by atoms with van der Waals surface area (Å²) in [4.78, 5) is 0. The summed E-state index contributed by atoms with van der Waals surface area (Å²) in [7, 11) is 0. The van der Waals surface area contributed by atoms with Crippen LogP contribution in [0, 0.1) is 0 Å². The lowest BCUT2D eigenvalue weighted by molar-refractivity contribution is -0.662. The summed E-state index contributed by atoms with van der Waals surface area (Å²) in [6.45, 7) is 1.50. The molecule has 0 aliphatic rings. The van der Waals surface area contributed by atoms with E-state index in [4.69, 9.17) is 9.84 Å². The van der Waals surface area contributed by atoms with E-state index in [1.54, 1.807) is 0 Å². The Morgan fingerprint density at radius 2 is 1.45 bits per heavy atom. The van der Waals surface area contributed by atoms with Gasteiger partial charge in [-0.25, -0.2) is 0 Å². The molecule has 0 fully saturated rings. The van der Waals surface area contributed by atoms with Crippen LogP contribution in [0.2, 0.25) is 0 Å². The summed E-state index contributed by atoms with van der Waals surface area (Å²) in [6.07, 6.45) is -0.739. The maximum Gasteiger partial charge on any atom is 0.126 e. The number of quaternary nitrogens is 1. The van der Waals surface area contributed by atoms with Gasteiger partial charge in [0.2, 0.25) is 0 Å². The fourth-order valence-electron chi connectivity index (χ4n) is 2.32. The first-order valence-electron chi connectivity index (χ1n) is 7.63. The van der Waals surface area contributed by atoms with Gasteiger partial charge < -0.3 is 20.3 Å². The fraction of sp³-hybridized carbons (Fsp3) is 0.333. The summed E-state index contributed by atoms with van der Waals surface area (Å²) < 4.78 is 5.97. The molecule has 4 N–H and O–H groups in total. The van der Waals surface area contributed by atoms with E-state index < -0.39 is 6.10 Å². The van der Waals surface area contributed by atoms with Crippen LogP contribution in [0.1, 0.15) is 17.2 Å². The molecule has 0 heterocycles. The van der Waals surface area contributed by atoms with Crippen molar-refractivity contribution in [1.82, 2.24) is 0 Å². The van der Waals surface area contributed by atoms with Crippen molar-refractivity contribution in [2.45, 2.75) is 12.2 Å². The monoisotopic (exact) mass is 302 g/mol. The fourth-order valence-corrected chi connectivity index (χ4v) is 2.32. The summed E-state index contributed by atoms with van der Waals surface area (Å²) in [6, 6.07) is 20.0. The number of ether oxygens (including phenoxy) is 1. The second-order valence-corrected chi connectivity index (χ2v) is 5.23. The van der Waals surface area contributed by atoms with Crippen LogP contribution in [0.25, 0.3) is 0 Å². The minimum Gasteiger partial charge on any atom is -0.391 e. The average Bonchev–Trinajstić information content (AvgIpc) is 2.57. The molecule has 0 amide bonds. The van der Waals surface area contributed by atoms with Gasteiger partial charge in [0.25, 0.3) is 0 Å². The third-order valence-electron chi connectivity index (χ3n) is 3.43. The topological polar surface area (TPSA) is 66.3 Å². The van der Waals surface area contributed by atoms with Gasteiger partial charge in [-0.2, -0.15) is 0 Å². The first kappa shape index (κ1) is 16.6. The molecule has 1 atom stereocenters. The van der Waals surface area contributed by atoms with E-state index in [1.807, 2.05) is 66.0 Å². The zero-order valence-corrected chi connectivity index (χ0v) is 12.6. The number of aliphatic hydroxyl groups excluding tert-OH is 2. The number of benzene rings is 2. The van der Waals surface area contributed by atoms with Crippen LogP contribution in [-0.4, -0.2) is 42.6 Å². The molecule has 2 aromatic carbocycles. The van der Waals surface area contributed by atoms with Crippen molar-refractivity contribution in [2.24, 2.45) is 0 Å². The Morgan fingerprint density at radius 3 is 1.95 bits per heavy atom. The molecule has 2 aromatic rings. The van der Waals surface area contributed by atoms with Gasteiger partial charge in [0, 0.05) is 0 Å². The summed E-state index contributed by atoms with van der Waals surface area (Å²) in [5.74, 6) is 0. The van der Waals surface area contributed by atoms with E-state index in [-0.39, 0.29) is 19.3 Å². The summed E-state index contributed by atoms with van der Waals surface area (Å²) in [5, 5.41) is 20.6. The van der Waals surface area contributed by atoms with Crippen molar-refractivity contribution in [3.8, 4) is 0 Å². The molecule has 0 unspecified atom stereocenters. The molecule has 0 saturated carbocycles. The standard InChI is InChI=1S/C18H23NO3/c20-12-11-19-13-17(21)14-22-18(15-7-3-1-4-8-15)16-9-5-2-6-10-16/h1-10,17-21H,11-14H2/p+1/t17-/m1/s1. The van der Waals surface area contributed by atoms with Crippen LogP contribution < -0.4 is 5.32 Å². The Bertz CT molecular complexity index is 479. The molecule has 22 heavy (non-hydrogen) atoms. The maximum atomic E-state index is 9.98. The maximum absolute atomic E-state index is 9.98. The van der Waals surface area contributed by atoms with Gasteiger partial charge in [-0.3, -0.25) is 0 Å². The van der Waals surface area contributed by atoms with Crippen molar-refractivity contribution in [2.75, 3.05) is 26.3 Å².